The van der Waals surface area contributed by atoms with Crippen molar-refractivity contribution < 1.29 is 4.74 Å². The molecular formula is C17H20N2O. The average molecular weight is 268 g/mol. The normalized spacial score (nSPS) is 17.9. The predicted molar refractivity (Wildman–Crippen MR) is 80.6 cm³/mol. The summed E-state index contributed by atoms with van der Waals surface area (Å²) in [5.74, 6) is 7.15. The van der Waals surface area contributed by atoms with Crippen LogP contribution in [0.1, 0.15) is 23.5 Å². The van der Waals surface area contributed by atoms with Gasteiger partial charge in [0.1, 0.15) is 12.4 Å². The van der Waals surface area contributed by atoms with Crippen LogP contribution >= 0.6 is 0 Å². The Kier molecular flexibility index (Phi) is 4.00. The van der Waals surface area contributed by atoms with E-state index in [4.69, 9.17) is 10.6 Å². The minimum Gasteiger partial charge on any atom is -0.492 e. The SMILES string of the molecule is NNC(COc1ccccc1)CC1Cc2ccccc21. The number of benzene rings is 2. The van der Waals surface area contributed by atoms with Crippen molar-refractivity contribution in [2.75, 3.05) is 6.61 Å². The molecule has 2 aromatic rings. The number of nitrogens with two attached hydrogens (primary N) is 1. The Bertz CT molecular complexity index is 556. The van der Waals surface area contributed by atoms with Crippen LogP contribution in [0.25, 0.3) is 0 Å². The lowest BCUT2D eigenvalue weighted by Gasteiger charge is -2.32. The minimum absolute atomic E-state index is 0.175. The van der Waals surface area contributed by atoms with E-state index in [0.29, 0.717) is 12.5 Å². The highest BCUT2D eigenvalue weighted by Crippen LogP contribution is 2.37. The number of hydrogen-bond donors (Lipinski definition) is 2. The van der Waals surface area contributed by atoms with Crippen LogP contribution in [0.2, 0.25) is 0 Å². The number of ether oxygens (including phenoxy) is 1. The first-order chi connectivity index (χ1) is 9.86. The summed E-state index contributed by atoms with van der Waals surface area (Å²) >= 11 is 0. The van der Waals surface area contributed by atoms with Gasteiger partial charge >= 0.3 is 0 Å². The molecule has 2 atom stereocenters. The Morgan fingerprint density at radius 2 is 1.85 bits per heavy atom. The van der Waals surface area contributed by atoms with Gasteiger partial charge in [-0.05, 0) is 42.0 Å². The third-order valence-electron chi connectivity index (χ3n) is 3.96. The largest absolute Gasteiger partial charge is 0.492 e. The summed E-state index contributed by atoms with van der Waals surface area (Å²) < 4.78 is 5.77. The van der Waals surface area contributed by atoms with Crippen molar-refractivity contribution in [3.05, 3.63) is 65.7 Å². The first-order valence-corrected chi connectivity index (χ1v) is 7.08. The Labute approximate surface area is 119 Å². The summed E-state index contributed by atoms with van der Waals surface area (Å²) in [5.41, 5.74) is 5.81. The minimum atomic E-state index is 0.175. The van der Waals surface area contributed by atoms with Crippen LogP contribution in [-0.2, 0) is 6.42 Å². The highest BCUT2D eigenvalue weighted by atomic mass is 16.5. The molecule has 3 nitrogen and oxygen atoms in total. The summed E-state index contributed by atoms with van der Waals surface area (Å²) in [7, 11) is 0. The van der Waals surface area contributed by atoms with Crippen LogP contribution < -0.4 is 16.0 Å². The van der Waals surface area contributed by atoms with E-state index >= 15 is 0 Å². The maximum absolute atomic E-state index is 5.77. The molecule has 0 amide bonds. The Balaban J connectivity index is 1.54. The summed E-state index contributed by atoms with van der Waals surface area (Å²) in [5, 5.41) is 0. The van der Waals surface area contributed by atoms with Crippen LogP contribution in [0, 0.1) is 0 Å². The first kappa shape index (κ1) is 13.2. The first-order valence-electron chi connectivity index (χ1n) is 7.08. The molecule has 0 radical (unpaired) electrons. The van der Waals surface area contributed by atoms with Crippen molar-refractivity contribution in [2.24, 2.45) is 5.84 Å². The molecule has 3 heteroatoms. The molecule has 0 aliphatic heterocycles. The lowest BCUT2D eigenvalue weighted by Crippen LogP contribution is -2.41. The van der Waals surface area contributed by atoms with Gasteiger partial charge in [-0.15, -0.1) is 0 Å². The molecule has 2 aromatic carbocycles. The standard InChI is InChI=1S/C17H20N2O/c18-19-15(12-20-16-7-2-1-3-8-16)11-14-10-13-6-4-5-9-17(13)14/h1-9,14-15,19H,10-12,18H2. The fourth-order valence-corrected chi connectivity index (χ4v) is 2.81. The number of para-hydroxylation sites is 1. The molecule has 1 aliphatic carbocycles. The van der Waals surface area contributed by atoms with Gasteiger partial charge in [-0.1, -0.05) is 42.5 Å². The molecule has 0 saturated carbocycles. The lowest BCUT2D eigenvalue weighted by molar-refractivity contribution is 0.247. The van der Waals surface area contributed by atoms with E-state index in [1.807, 2.05) is 30.3 Å². The molecule has 0 bridgehead atoms. The number of rotatable bonds is 6. The predicted octanol–water partition coefficient (Wildman–Crippen LogP) is 2.63. The van der Waals surface area contributed by atoms with Gasteiger partial charge in [-0.25, -0.2) is 0 Å². The zero-order valence-electron chi connectivity index (χ0n) is 11.5. The van der Waals surface area contributed by atoms with E-state index in [1.54, 1.807) is 0 Å². The highest BCUT2D eigenvalue weighted by molar-refractivity contribution is 5.39. The van der Waals surface area contributed by atoms with Gasteiger partial charge in [0.2, 0.25) is 0 Å². The maximum Gasteiger partial charge on any atom is 0.119 e. The summed E-state index contributed by atoms with van der Waals surface area (Å²) in [4.78, 5) is 0. The van der Waals surface area contributed by atoms with Crippen molar-refractivity contribution >= 4 is 0 Å². The third-order valence-corrected chi connectivity index (χ3v) is 3.96. The molecule has 104 valence electrons. The lowest BCUT2D eigenvalue weighted by atomic mass is 9.74. The van der Waals surface area contributed by atoms with Gasteiger partial charge < -0.3 is 4.74 Å². The molecule has 3 rings (SSSR count). The van der Waals surface area contributed by atoms with Crippen molar-refractivity contribution in [3.63, 3.8) is 0 Å². The molecule has 1 aliphatic rings. The molecule has 20 heavy (non-hydrogen) atoms. The highest BCUT2D eigenvalue weighted by Gasteiger charge is 2.27. The van der Waals surface area contributed by atoms with E-state index in [0.717, 1.165) is 18.6 Å². The van der Waals surface area contributed by atoms with Crippen molar-refractivity contribution in [2.45, 2.75) is 24.8 Å². The van der Waals surface area contributed by atoms with Crippen molar-refractivity contribution in [1.29, 1.82) is 0 Å². The third kappa shape index (κ3) is 2.84. The van der Waals surface area contributed by atoms with Crippen LogP contribution in [-0.4, -0.2) is 12.6 Å². The van der Waals surface area contributed by atoms with Gasteiger partial charge in [0.25, 0.3) is 0 Å². The molecule has 0 spiro atoms. The second-order valence-corrected chi connectivity index (χ2v) is 5.32. The van der Waals surface area contributed by atoms with Crippen LogP contribution in [0.4, 0.5) is 0 Å². The summed E-state index contributed by atoms with van der Waals surface area (Å²) in [6, 6.07) is 18.7. The monoisotopic (exact) mass is 268 g/mol. The van der Waals surface area contributed by atoms with Crippen LogP contribution in [0.5, 0.6) is 5.75 Å². The number of hydrazine groups is 1. The van der Waals surface area contributed by atoms with Crippen molar-refractivity contribution in [1.82, 2.24) is 5.43 Å². The van der Waals surface area contributed by atoms with Gasteiger partial charge in [-0.2, -0.15) is 0 Å². The quantitative estimate of drug-likeness (QED) is 0.625. The average Bonchev–Trinajstić information content (AvgIpc) is 2.49. The zero-order valence-corrected chi connectivity index (χ0v) is 11.5. The Hall–Kier alpha value is -1.84. The molecular weight excluding hydrogens is 248 g/mol. The number of nitrogens with one attached hydrogen (secondary N) is 1. The molecule has 0 fully saturated rings. The second kappa shape index (κ2) is 6.07. The van der Waals surface area contributed by atoms with E-state index in [1.165, 1.54) is 11.1 Å². The topological polar surface area (TPSA) is 47.3 Å². The summed E-state index contributed by atoms with van der Waals surface area (Å²) in [6.45, 7) is 0.596. The van der Waals surface area contributed by atoms with E-state index in [-0.39, 0.29) is 6.04 Å². The van der Waals surface area contributed by atoms with Crippen LogP contribution in [0.3, 0.4) is 0 Å². The molecule has 0 aromatic heterocycles. The zero-order chi connectivity index (χ0) is 13.8. The van der Waals surface area contributed by atoms with E-state index in [9.17, 15) is 0 Å². The maximum atomic E-state index is 5.77. The second-order valence-electron chi connectivity index (χ2n) is 5.32. The fourth-order valence-electron chi connectivity index (χ4n) is 2.81. The molecule has 3 N–H and O–H groups in total. The van der Waals surface area contributed by atoms with E-state index < -0.39 is 0 Å². The fraction of sp³-hybridized carbons (Fsp3) is 0.294. The summed E-state index contributed by atoms with van der Waals surface area (Å²) in [6.07, 6.45) is 2.17. The smallest absolute Gasteiger partial charge is 0.119 e. The van der Waals surface area contributed by atoms with Gasteiger partial charge in [-0.3, -0.25) is 11.3 Å². The number of fused-ring (bicyclic) bond motifs is 1. The van der Waals surface area contributed by atoms with Crippen LogP contribution in [0.15, 0.2) is 54.6 Å². The molecule has 0 heterocycles. The molecule has 0 saturated heterocycles. The van der Waals surface area contributed by atoms with Gasteiger partial charge in [0.15, 0.2) is 0 Å². The Morgan fingerprint density at radius 1 is 1.10 bits per heavy atom. The van der Waals surface area contributed by atoms with Gasteiger partial charge in [0, 0.05) is 0 Å². The molecule has 2 unspecified atom stereocenters. The van der Waals surface area contributed by atoms with Gasteiger partial charge in [0.05, 0.1) is 6.04 Å². The van der Waals surface area contributed by atoms with Crippen molar-refractivity contribution in [3.8, 4) is 5.75 Å². The Morgan fingerprint density at radius 3 is 2.60 bits per heavy atom. The number of hydrogen-bond acceptors (Lipinski definition) is 3. The van der Waals surface area contributed by atoms with E-state index in [2.05, 4.69) is 29.7 Å².